The first-order valence-corrected chi connectivity index (χ1v) is 13.6. The van der Waals surface area contributed by atoms with Crippen molar-refractivity contribution in [3.63, 3.8) is 0 Å². The largest absolute Gasteiger partial charge is 0.352 e. The maximum atomic E-state index is 13.6. The summed E-state index contributed by atoms with van der Waals surface area (Å²) in [4.78, 5) is 27.9. The highest BCUT2D eigenvalue weighted by Gasteiger charge is 2.32. The number of halogens is 3. The van der Waals surface area contributed by atoms with Gasteiger partial charge >= 0.3 is 0 Å². The third kappa shape index (κ3) is 7.77. The number of amides is 2. The fourth-order valence-electron chi connectivity index (χ4n) is 3.36. The predicted molar refractivity (Wildman–Crippen MR) is 138 cm³/mol. The fraction of sp³-hybridized carbons (Fsp3) is 0.391. The van der Waals surface area contributed by atoms with Gasteiger partial charge in [-0.1, -0.05) is 53.9 Å². The van der Waals surface area contributed by atoms with Crippen LogP contribution in [0.2, 0.25) is 15.1 Å². The van der Waals surface area contributed by atoms with E-state index in [1.807, 2.05) is 13.8 Å². The van der Waals surface area contributed by atoms with Crippen molar-refractivity contribution in [1.29, 1.82) is 0 Å². The van der Waals surface area contributed by atoms with E-state index >= 15 is 0 Å². The number of nitrogens with zero attached hydrogens (tertiary/aromatic N) is 2. The molecule has 34 heavy (non-hydrogen) atoms. The normalized spacial score (nSPS) is 12.4. The van der Waals surface area contributed by atoms with Crippen LogP contribution in [0.25, 0.3) is 0 Å². The monoisotopic (exact) mass is 547 g/mol. The molecule has 2 rings (SSSR count). The predicted octanol–water partition coefficient (Wildman–Crippen LogP) is 4.74. The van der Waals surface area contributed by atoms with Crippen LogP contribution in [0.3, 0.4) is 0 Å². The summed E-state index contributed by atoms with van der Waals surface area (Å²) in [5, 5.41) is 3.75. The lowest BCUT2D eigenvalue weighted by molar-refractivity contribution is -0.140. The summed E-state index contributed by atoms with van der Waals surface area (Å²) in [6.07, 6.45) is 1.30. The summed E-state index contributed by atoms with van der Waals surface area (Å²) in [5.41, 5.74) is 0.816. The number of benzene rings is 2. The fourth-order valence-corrected chi connectivity index (χ4v) is 4.77. The van der Waals surface area contributed by atoms with Crippen LogP contribution in [-0.2, 0) is 26.2 Å². The van der Waals surface area contributed by atoms with E-state index in [1.54, 1.807) is 31.2 Å². The highest BCUT2D eigenvalue weighted by Crippen LogP contribution is 2.31. The molecule has 7 nitrogen and oxygen atoms in total. The summed E-state index contributed by atoms with van der Waals surface area (Å²) >= 11 is 18.3. The van der Waals surface area contributed by atoms with Gasteiger partial charge in [-0.05, 0) is 56.2 Å². The van der Waals surface area contributed by atoms with Crippen LogP contribution in [-0.4, -0.2) is 50.0 Å². The molecular formula is C23H28Cl3N3O4S. The van der Waals surface area contributed by atoms with E-state index in [9.17, 15) is 18.0 Å². The molecule has 0 saturated heterocycles. The minimum absolute atomic E-state index is 0.0798. The van der Waals surface area contributed by atoms with Gasteiger partial charge in [-0.2, -0.15) is 0 Å². The molecule has 0 fully saturated rings. The van der Waals surface area contributed by atoms with E-state index < -0.39 is 28.5 Å². The molecule has 0 bridgehead atoms. The van der Waals surface area contributed by atoms with E-state index in [2.05, 4.69) is 5.32 Å². The standard InChI is InChI=1S/C23H28Cl3N3O4S/c1-5-20(23(31)27-15(2)3)28(13-16-6-8-17(24)9-7-16)22(30)14-29(34(4,32)33)21-12-18(25)10-11-19(21)26/h6-12,15,20H,5,13-14H2,1-4H3,(H,27,31). The van der Waals surface area contributed by atoms with Crippen molar-refractivity contribution in [2.45, 2.75) is 45.8 Å². The van der Waals surface area contributed by atoms with E-state index in [0.29, 0.717) is 11.4 Å². The van der Waals surface area contributed by atoms with Gasteiger partial charge in [0.05, 0.1) is 17.0 Å². The molecule has 2 aromatic carbocycles. The molecule has 0 radical (unpaired) electrons. The lowest BCUT2D eigenvalue weighted by Crippen LogP contribution is -2.53. The van der Waals surface area contributed by atoms with Gasteiger partial charge in [-0.25, -0.2) is 8.42 Å². The van der Waals surface area contributed by atoms with Gasteiger partial charge in [0.2, 0.25) is 21.8 Å². The van der Waals surface area contributed by atoms with Gasteiger partial charge in [0.1, 0.15) is 12.6 Å². The average Bonchev–Trinajstić information content (AvgIpc) is 2.73. The molecule has 1 unspecified atom stereocenters. The minimum atomic E-state index is -3.91. The lowest BCUT2D eigenvalue weighted by Gasteiger charge is -2.33. The molecule has 0 spiro atoms. The molecule has 1 atom stereocenters. The number of rotatable bonds is 10. The Labute approximate surface area is 216 Å². The third-order valence-corrected chi connectivity index (χ3v) is 6.87. The highest BCUT2D eigenvalue weighted by molar-refractivity contribution is 7.92. The van der Waals surface area contributed by atoms with Crippen molar-refractivity contribution in [2.24, 2.45) is 0 Å². The maximum absolute atomic E-state index is 13.6. The van der Waals surface area contributed by atoms with Crippen LogP contribution in [0.5, 0.6) is 0 Å². The van der Waals surface area contributed by atoms with Crippen molar-refractivity contribution in [3.8, 4) is 0 Å². The number of sulfonamides is 1. The van der Waals surface area contributed by atoms with Crippen LogP contribution in [0.4, 0.5) is 5.69 Å². The van der Waals surface area contributed by atoms with Crippen LogP contribution in [0.1, 0.15) is 32.8 Å². The first kappa shape index (κ1) is 28.2. The second-order valence-electron chi connectivity index (χ2n) is 8.10. The van der Waals surface area contributed by atoms with Crippen LogP contribution in [0, 0.1) is 0 Å². The maximum Gasteiger partial charge on any atom is 0.244 e. The first-order chi connectivity index (χ1) is 15.8. The Bertz CT molecular complexity index is 1120. The van der Waals surface area contributed by atoms with Crippen LogP contribution < -0.4 is 9.62 Å². The number of anilines is 1. The molecule has 2 aromatic rings. The molecular weight excluding hydrogens is 521 g/mol. The molecule has 2 amide bonds. The van der Waals surface area contributed by atoms with Crippen LogP contribution >= 0.6 is 34.8 Å². The number of hydrogen-bond donors (Lipinski definition) is 1. The Morgan fingerprint density at radius 3 is 2.12 bits per heavy atom. The third-order valence-electron chi connectivity index (χ3n) is 4.94. The van der Waals surface area contributed by atoms with Gasteiger partial charge in [0, 0.05) is 22.6 Å². The number of hydrogen-bond acceptors (Lipinski definition) is 4. The molecule has 0 heterocycles. The quantitative estimate of drug-likeness (QED) is 0.464. The van der Waals surface area contributed by atoms with Crippen molar-refractivity contribution in [2.75, 3.05) is 17.1 Å². The zero-order valence-corrected chi connectivity index (χ0v) is 22.5. The van der Waals surface area contributed by atoms with E-state index in [0.717, 1.165) is 16.1 Å². The van der Waals surface area contributed by atoms with Gasteiger partial charge in [-0.3, -0.25) is 13.9 Å². The Morgan fingerprint density at radius 1 is 1.00 bits per heavy atom. The molecule has 186 valence electrons. The molecule has 0 aromatic heterocycles. The molecule has 1 N–H and O–H groups in total. The summed E-state index contributed by atoms with van der Waals surface area (Å²) in [7, 11) is -3.91. The second kappa shape index (κ2) is 12.1. The van der Waals surface area contributed by atoms with E-state index in [4.69, 9.17) is 34.8 Å². The average molecular weight is 549 g/mol. The van der Waals surface area contributed by atoms with Crippen molar-refractivity contribution < 1.29 is 18.0 Å². The van der Waals surface area contributed by atoms with Crippen molar-refractivity contribution in [1.82, 2.24) is 10.2 Å². The van der Waals surface area contributed by atoms with Gasteiger partial charge < -0.3 is 10.2 Å². The summed E-state index contributed by atoms with van der Waals surface area (Å²) in [5.74, 6) is -0.895. The summed E-state index contributed by atoms with van der Waals surface area (Å²) in [6.45, 7) is 4.96. The van der Waals surface area contributed by atoms with Gasteiger partial charge in [-0.15, -0.1) is 0 Å². The number of nitrogens with one attached hydrogen (secondary N) is 1. The highest BCUT2D eigenvalue weighted by atomic mass is 35.5. The molecule has 11 heteroatoms. The van der Waals surface area contributed by atoms with E-state index in [-0.39, 0.29) is 34.2 Å². The topological polar surface area (TPSA) is 86.8 Å². The minimum Gasteiger partial charge on any atom is -0.352 e. The zero-order valence-electron chi connectivity index (χ0n) is 19.4. The van der Waals surface area contributed by atoms with Gasteiger partial charge in [0.15, 0.2) is 0 Å². The Morgan fingerprint density at radius 2 is 1.59 bits per heavy atom. The van der Waals surface area contributed by atoms with Gasteiger partial charge in [0.25, 0.3) is 0 Å². The number of carbonyl (C=O) groups is 2. The zero-order chi connectivity index (χ0) is 25.6. The summed E-state index contributed by atoms with van der Waals surface area (Å²) < 4.78 is 26.1. The molecule has 0 saturated carbocycles. The Kier molecular flexibility index (Phi) is 10.1. The molecule has 0 aliphatic carbocycles. The smallest absolute Gasteiger partial charge is 0.244 e. The first-order valence-electron chi connectivity index (χ1n) is 10.6. The Hall–Kier alpha value is -2.00. The lowest BCUT2D eigenvalue weighted by atomic mass is 10.1. The summed E-state index contributed by atoms with van der Waals surface area (Å²) in [6, 6.07) is 10.3. The van der Waals surface area contributed by atoms with Crippen LogP contribution in [0.15, 0.2) is 42.5 Å². The molecule has 0 aliphatic rings. The van der Waals surface area contributed by atoms with Crippen molar-refractivity contribution >= 4 is 62.3 Å². The molecule has 0 aliphatic heterocycles. The second-order valence-corrected chi connectivity index (χ2v) is 11.3. The van der Waals surface area contributed by atoms with E-state index in [1.165, 1.54) is 23.1 Å². The SMILES string of the molecule is CCC(C(=O)NC(C)C)N(Cc1ccc(Cl)cc1)C(=O)CN(c1cc(Cl)ccc1Cl)S(C)(=O)=O. The van der Waals surface area contributed by atoms with Crippen molar-refractivity contribution in [3.05, 3.63) is 63.1 Å². The number of carbonyl (C=O) groups excluding carboxylic acids is 2. The Balaban J connectivity index is 2.48.